The van der Waals surface area contributed by atoms with Crippen molar-refractivity contribution in [2.75, 3.05) is 5.32 Å². The number of anilines is 1. The molecule has 102 valence electrons. The minimum absolute atomic E-state index is 0.0534. The maximum atomic E-state index is 13.4. The summed E-state index contributed by atoms with van der Waals surface area (Å²) >= 11 is 0. The molecule has 0 radical (unpaired) electrons. The van der Waals surface area contributed by atoms with Gasteiger partial charge in [-0.1, -0.05) is 26.7 Å². The average Bonchev–Trinajstić information content (AvgIpc) is 2.29. The molecule has 0 bridgehead atoms. The standard InChI is InChI=1S/C14H17F2N3/c1-5-12(14(2,3)4)19-13(17)18-11-8-9(15)6-7-10(11)16/h1,6-8,12H,2-4H3,(H3,17,18,19). The van der Waals surface area contributed by atoms with E-state index >= 15 is 0 Å². The minimum Gasteiger partial charge on any atom is -0.370 e. The zero-order chi connectivity index (χ0) is 14.6. The molecule has 1 unspecified atom stereocenters. The van der Waals surface area contributed by atoms with Crippen LogP contribution < -0.4 is 11.1 Å². The molecule has 0 saturated heterocycles. The number of benzene rings is 1. The molecular weight excluding hydrogens is 248 g/mol. The van der Waals surface area contributed by atoms with Gasteiger partial charge in [0.1, 0.15) is 17.7 Å². The molecule has 3 nitrogen and oxygen atoms in total. The maximum Gasteiger partial charge on any atom is 0.194 e. The Morgan fingerprint density at radius 3 is 2.58 bits per heavy atom. The molecule has 0 heterocycles. The van der Waals surface area contributed by atoms with Gasteiger partial charge in [0.2, 0.25) is 0 Å². The number of nitrogens with zero attached hydrogens (tertiary/aromatic N) is 1. The lowest BCUT2D eigenvalue weighted by molar-refractivity contribution is 0.376. The molecule has 1 atom stereocenters. The van der Waals surface area contributed by atoms with Gasteiger partial charge in [0.25, 0.3) is 0 Å². The Labute approximate surface area is 111 Å². The Hall–Kier alpha value is -2.09. The predicted molar refractivity (Wildman–Crippen MR) is 73.7 cm³/mol. The van der Waals surface area contributed by atoms with E-state index in [-0.39, 0.29) is 17.1 Å². The molecule has 5 heteroatoms. The Bertz CT molecular complexity index is 524. The molecular formula is C14H17F2N3. The molecule has 1 aromatic carbocycles. The van der Waals surface area contributed by atoms with Gasteiger partial charge in [0.15, 0.2) is 5.96 Å². The number of rotatable bonds is 2. The number of hydrogen-bond donors (Lipinski definition) is 2. The van der Waals surface area contributed by atoms with Crippen LogP contribution in [0.4, 0.5) is 14.5 Å². The summed E-state index contributed by atoms with van der Waals surface area (Å²) in [6, 6.07) is 2.57. The highest BCUT2D eigenvalue weighted by atomic mass is 19.1. The molecule has 0 aliphatic heterocycles. The molecule has 1 rings (SSSR count). The van der Waals surface area contributed by atoms with Gasteiger partial charge in [0.05, 0.1) is 5.69 Å². The van der Waals surface area contributed by atoms with Gasteiger partial charge in [-0.3, -0.25) is 0 Å². The third kappa shape index (κ3) is 4.25. The number of aliphatic imine (C=N–C) groups is 1. The molecule has 0 aliphatic carbocycles. The van der Waals surface area contributed by atoms with Crippen LogP contribution in [0.15, 0.2) is 23.2 Å². The van der Waals surface area contributed by atoms with Crippen molar-refractivity contribution in [1.29, 1.82) is 0 Å². The van der Waals surface area contributed by atoms with Crippen LogP contribution in [0.3, 0.4) is 0 Å². The first-order chi connectivity index (χ1) is 8.74. The van der Waals surface area contributed by atoms with Crippen molar-refractivity contribution < 1.29 is 8.78 Å². The van der Waals surface area contributed by atoms with Crippen LogP contribution >= 0.6 is 0 Å². The number of halogens is 2. The number of guanidine groups is 1. The number of terminal acetylenes is 1. The smallest absolute Gasteiger partial charge is 0.194 e. The average molecular weight is 265 g/mol. The van der Waals surface area contributed by atoms with Gasteiger partial charge >= 0.3 is 0 Å². The van der Waals surface area contributed by atoms with Crippen LogP contribution in [0.25, 0.3) is 0 Å². The number of hydrogen-bond acceptors (Lipinski definition) is 1. The summed E-state index contributed by atoms with van der Waals surface area (Å²) in [7, 11) is 0. The monoisotopic (exact) mass is 265 g/mol. The summed E-state index contributed by atoms with van der Waals surface area (Å²) in [6.07, 6.45) is 5.38. The first kappa shape index (κ1) is 15.0. The lowest BCUT2D eigenvalue weighted by Crippen LogP contribution is -2.30. The molecule has 0 saturated carbocycles. The first-order valence-corrected chi connectivity index (χ1v) is 5.75. The Morgan fingerprint density at radius 2 is 2.05 bits per heavy atom. The molecule has 0 aliphatic rings. The highest BCUT2D eigenvalue weighted by molar-refractivity contribution is 5.92. The van der Waals surface area contributed by atoms with Gasteiger partial charge in [-0.25, -0.2) is 13.8 Å². The quantitative estimate of drug-likeness (QED) is 0.491. The van der Waals surface area contributed by atoms with Crippen molar-refractivity contribution in [3.8, 4) is 12.3 Å². The van der Waals surface area contributed by atoms with E-state index in [0.717, 1.165) is 18.2 Å². The third-order valence-electron chi connectivity index (χ3n) is 2.44. The fourth-order valence-corrected chi connectivity index (χ4v) is 1.38. The van der Waals surface area contributed by atoms with Crippen molar-refractivity contribution in [1.82, 2.24) is 0 Å². The Morgan fingerprint density at radius 1 is 1.42 bits per heavy atom. The maximum absolute atomic E-state index is 13.4. The van der Waals surface area contributed by atoms with Crippen LogP contribution in [0.5, 0.6) is 0 Å². The van der Waals surface area contributed by atoms with Crippen molar-refractivity contribution in [3.05, 3.63) is 29.8 Å². The van der Waals surface area contributed by atoms with E-state index in [0.29, 0.717) is 0 Å². The van der Waals surface area contributed by atoms with Crippen molar-refractivity contribution >= 4 is 11.6 Å². The summed E-state index contributed by atoms with van der Waals surface area (Å²) in [5.74, 6) is 1.27. The zero-order valence-corrected chi connectivity index (χ0v) is 11.2. The minimum atomic E-state index is -0.618. The fraction of sp³-hybridized carbons (Fsp3) is 0.357. The molecule has 0 spiro atoms. The van der Waals surface area contributed by atoms with Gasteiger partial charge in [-0.15, -0.1) is 6.42 Å². The van der Waals surface area contributed by atoms with E-state index in [9.17, 15) is 8.78 Å². The molecule has 3 N–H and O–H groups in total. The third-order valence-corrected chi connectivity index (χ3v) is 2.44. The van der Waals surface area contributed by atoms with Gasteiger partial charge in [-0.2, -0.15) is 0 Å². The molecule has 0 aromatic heterocycles. The lowest BCUT2D eigenvalue weighted by Gasteiger charge is -2.23. The summed E-state index contributed by atoms with van der Waals surface area (Å²) in [6.45, 7) is 5.74. The normalized spacial score (nSPS) is 13.8. The van der Waals surface area contributed by atoms with Crippen molar-refractivity contribution in [2.24, 2.45) is 16.1 Å². The molecule has 1 aromatic rings. The lowest BCUT2D eigenvalue weighted by atomic mass is 9.88. The molecule has 19 heavy (non-hydrogen) atoms. The topological polar surface area (TPSA) is 50.4 Å². The van der Waals surface area contributed by atoms with Gasteiger partial charge < -0.3 is 11.1 Å². The van der Waals surface area contributed by atoms with E-state index in [1.54, 1.807) is 0 Å². The zero-order valence-electron chi connectivity index (χ0n) is 11.2. The second-order valence-electron chi connectivity index (χ2n) is 5.20. The van der Waals surface area contributed by atoms with Crippen LogP contribution in [0.1, 0.15) is 20.8 Å². The SMILES string of the molecule is C#CC(N=C(N)Nc1cc(F)ccc1F)C(C)(C)C. The summed E-state index contributed by atoms with van der Waals surface area (Å²) in [5.41, 5.74) is 5.30. The summed E-state index contributed by atoms with van der Waals surface area (Å²) in [4.78, 5) is 4.09. The molecule has 0 amide bonds. The second-order valence-corrected chi connectivity index (χ2v) is 5.20. The number of nitrogens with one attached hydrogen (secondary N) is 1. The van der Waals surface area contributed by atoms with E-state index in [4.69, 9.17) is 12.2 Å². The van der Waals surface area contributed by atoms with Crippen LogP contribution in [0.2, 0.25) is 0 Å². The Kier molecular flexibility index (Phi) is 4.49. The van der Waals surface area contributed by atoms with Crippen LogP contribution in [-0.4, -0.2) is 12.0 Å². The highest BCUT2D eigenvalue weighted by Gasteiger charge is 2.22. The fourth-order valence-electron chi connectivity index (χ4n) is 1.38. The second kappa shape index (κ2) is 5.70. The van der Waals surface area contributed by atoms with Crippen LogP contribution in [0, 0.1) is 29.4 Å². The van der Waals surface area contributed by atoms with Gasteiger partial charge in [0, 0.05) is 6.07 Å². The predicted octanol–water partition coefficient (Wildman–Crippen LogP) is 2.74. The van der Waals surface area contributed by atoms with Crippen molar-refractivity contribution in [3.63, 3.8) is 0 Å². The Balaban J connectivity index is 2.93. The van der Waals surface area contributed by atoms with Crippen LogP contribution in [-0.2, 0) is 0 Å². The van der Waals surface area contributed by atoms with Crippen molar-refractivity contribution in [2.45, 2.75) is 26.8 Å². The van der Waals surface area contributed by atoms with E-state index in [1.807, 2.05) is 20.8 Å². The molecule has 0 fully saturated rings. The van der Waals surface area contributed by atoms with E-state index < -0.39 is 17.7 Å². The van der Waals surface area contributed by atoms with E-state index in [1.165, 1.54) is 0 Å². The highest BCUT2D eigenvalue weighted by Crippen LogP contribution is 2.22. The summed E-state index contributed by atoms with van der Waals surface area (Å²) < 4.78 is 26.4. The number of nitrogens with two attached hydrogens (primary N) is 1. The van der Waals surface area contributed by atoms with Gasteiger partial charge in [-0.05, 0) is 17.5 Å². The first-order valence-electron chi connectivity index (χ1n) is 5.75. The van der Waals surface area contributed by atoms with E-state index in [2.05, 4.69) is 16.2 Å². The largest absolute Gasteiger partial charge is 0.370 e. The summed E-state index contributed by atoms with van der Waals surface area (Å²) in [5, 5.41) is 2.51.